The van der Waals surface area contributed by atoms with E-state index in [9.17, 15) is 9.59 Å². The largest absolute Gasteiger partial charge is 0.497 e. The van der Waals surface area contributed by atoms with E-state index < -0.39 is 0 Å². The third-order valence-electron chi connectivity index (χ3n) is 6.58. The van der Waals surface area contributed by atoms with E-state index in [-0.39, 0.29) is 24.2 Å². The number of benzene rings is 1. The molecule has 186 valence electrons. The van der Waals surface area contributed by atoms with Crippen LogP contribution in [0, 0.1) is 12.8 Å². The first-order chi connectivity index (χ1) is 17.5. The van der Waals surface area contributed by atoms with Crippen LogP contribution in [0.15, 0.2) is 55.0 Å². The van der Waals surface area contributed by atoms with E-state index >= 15 is 0 Å². The zero-order chi connectivity index (χ0) is 25.1. The molecular weight excluding hydrogens is 458 g/mol. The van der Waals surface area contributed by atoms with E-state index in [4.69, 9.17) is 4.74 Å². The highest BCUT2D eigenvalue weighted by molar-refractivity contribution is 6.00. The maximum Gasteiger partial charge on any atom is 0.228 e. The minimum atomic E-state index is -0.341. The van der Waals surface area contributed by atoms with Crippen molar-refractivity contribution in [3.8, 4) is 5.75 Å². The number of carbonyl (C=O) groups is 2. The number of nitrogens with zero attached hydrogens (tertiary/aromatic N) is 6. The van der Waals surface area contributed by atoms with Gasteiger partial charge in [0.05, 0.1) is 13.0 Å². The molecule has 0 saturated carbocycles. The molecule has 0 bridgehead atoms. The second-order valence-corrected chi connectivity index (χ2v) is 9.02. The summed E-state index contributed by atoms with van der Waals surface area (Å²) in [5.41, 5.74) is 1.87. The van der Waals surface area contributed by atoms with E-state index in [1.165, 1.54) is 6.33 Å². The van der Waals surface area contributed by atoms with Crippen molar-refractivity contribution < 1.29 is 14.3 Å². The van der Waals surface area contributed by atoms with Gasteiger partial charge in [-0.15, -0.1) is 0 Å². The van der Waals surface area contributed by atoms with Crippen LogP contribution >= 0.6 is 0 Å². The van der Waals surface area contributed by atoms with Gasteiger partial charge in [0.2, 0.25) is 11.8 Å². The summed E-state index contributed by atoms with van der Waals surface area (Å²) in [6.45, 7) is 4.87. The summed E-state index contributed by atoms with van der Waals surface area (Å²) in [6, 6.07) is 13.2. The predicted octanol–water partition coefficient (Wildman–Crippen LogP) is 2.63. The maximum absolute atomic E-state index is 13.2. The maximum atomic E-state index is 13.2. The Morgan fingerprint density at radius 3 is 2.61 bits per heavy atom. The van der Waals surface area contributed by atoms with Gasteiger partial charge in [0.25, 0.3) is 0 Å². The van der Waals surface area contributed by atoms with Crippen LogP contribution in [0.1, 0.15) is 12.0 Å². The first kappa shape index (κ1) is 23.5. The topological polar surface area (TPSA) is 104 Å². The first-order valence-corrected chi connectivity index (χ1v) is 12.0. The summed E-state index contributed by atoms with van der Waals surface area (Å²) in [4.78, 5) is 44.6. The highest BCUT2D eigenvalue weighted by Gasteiger charge is 2.38. The van der Waals surface area contributed by atoms with Crippen LogP contribution in [-0.2, 0) is 9.59 Å². The second-order valence-electron chi connectivity index (χ2n) is 9.02. The Labute approximate surface area is 209 Å². The molecular formula is C26H29N7O3. The molecule has 10 heteroatoms. The number of amides is 2. The van der Waals surface area contributed by atoms with Crippen LogP contribution in [0.2, 0.25) is 0 Å². The lowest BCUT2D eigenvalue weighted by Gasteiger charge is -2.36. The molecule has 3 aromatic rings. The van der Waals surface area contributed by atoms with E-state index in [1.54, 1.807) is 18.2 Å². The number of nitrogens with one attached hydrogen (secondary N) is 1. The SMILES string of the molecule is COc1cccc(N2CC(C(=O)N3CCN(c4cc(Nc5cc(C)ccn5)ncn4)CC3)CC2=O)c1. The Bertz CT molecular complexity index is 1260. The lowest BCUT2D eigenvalue weighted by atomic mass is 10.1. The third kappa shape index (κ3) is 5.07. The fourth-order valence-electron chi connectivity index (χ4n) is 4.64. The summed E-state index contributed by atoms with van der Waals surface area (Å²) < 4.78 is 5.27. The van der Waals surface area contributed by atoms with Crippen molar-refractivity contribution in [3.63, 3.8) is 0 Å². The van der Waals surface area contributed by atoms with Crippen molar-refractivity contribution in [3.05, 3.63) is 60.6 Å². The molecule has 2 saturated heterocycles. The average Bonchev–Trinajstić information content (AvgIpc) is 3.30. The van der Waals surface area contributed by atoms with Gasteiger partial charge in [-0.2, -0.15) is 0 Å². The molecule has 2 aliphatic rings. The van der Waals surface area contributed by atoms with Crippen molar-refractivity contribution in [2.24, 2.45) is 5.92 Å². The van der Waals surface area contributed by atoms with Crippen molar-refractivity contribution in [2.45, 2.75) is 13.3 Å². The molecule has 5 rings (SSSR count). The van der Waals surface area contributed by atoms with Crippen molar-refractivity contribution >= 4 is 35.0 Å². The van der Waals surface area contributed by atoms with Gasteiger partial charge in [-0.25, -0.2) is 15.0 Å². The molecule has 2 amide bonds. The van der Waals surface area contributed by atoms with Gasteiger partial charge < -0.3 is 24.8 Å². The molecule has 2 aromatic heterocycles. The molecule has 0 radical (unpaired) electrons. The molecule has 1 atom stereocenters. The lowest BCUT2D eigenvalue weighted by Crippen LogP contribution is -2.51. The molecule has 0 spiro atoms. The van der Waals surface area contributed by atoms with E-state index in [1.807, 2.05) is 54.3 Å². The zero-order valence-electron chi connectivity index (χ0n) is 20.4. The van der Waals surface area contributed by atoms with Gasteiger partial charge in [0.1, 0.15) is 29.5 Å². The molecule has 0 aliphatic carbocycles. The smallest absolute Gasteiger partial charge is 0.228 e. The average molecular weight is 488 g/mol. The number of piperazine rings is 1. The molecule has 1 aromatic carbocycles. The van der Waals surface area contributed by atoms with E-state index in [0.717, 1.165) is 22.9 Å². The Morgan fingerprint density at radius 2 is 1.83 bits per heavy atom. The molecule has 36 heavy (non-hydrogen) atoms. The summed E-state index contributed by atoms with van der Waals surface area (Å²) in [5, 5.41) is 3.22. The number of methoxy groups -OCH3 is 1. The molecule has 4 heterocycles. The number of aromatic nitrogens is 3. The third-order valence-corrected chi connectivity index (χ3v) is 6.58. The Hall–Kier alpha value is -4.21. The van der Waals surface area contributed by atoms with Gasteiger partial charge in [-0.1, -0.05) is 6.07 Å². The van der Waals surface area contributed by atoms with Gasteiger partial charge in [-0.3, -0.25) is 9.59 Å². The number of pyridine rings is 1. The summed E-state index contributed by atoms with van der Waals surface area (Å²) >= 11 is 0. The van der Waals surface area contributed by atoms with Gasteiger partial charge in [-0.05, 0) is 36.8 Å². The molecule has 1 unspecified atom stereocenters. The fourth-order valence-corrected chi connectivity index (χ4v) is 4.64. The van der Waals surface area contributed by atoms with Crippen molar-refractivity contribution in [1.29, 1.82) is 0 Å². The van der Waals surface area contributed by atoms with Crippen LogP contribution in [0.3, 0.4) is 0 Å². The number of carbonyl (C=O) groups excluding carboxylic acids is 2. The summed E-state index contributed by atoms with van der Waals surface area (Å²) in [7, 11) is 1.59. The number of anilines is 4. The highest BCUT2D eigenvalue weighted by Crippen LogP contribution is 2.29. The zero-order valence-corrected chi connectivity index (χ0v) is 20.4. The van der Waals surface area contributed by atoms with E-state index in [0.29, 0.717) is 44.3 Å². The van der Waals surface area contributed by atoms with E-state index in [2.05, 4.69) is 25.2 Å². The first-order valence-electron chi connectivity index (χ1n) is 12.0. The molecule has 2 fully saturated rings. The Kier molecular flexibility index (Phi) is 6.66. The van der Waals surface area contributed by atoms with Gasteiger partial charge in [0.15, 0.2) is 0 Å². The normalized spacial score (nSPS) is 17.9. The van der Waals surface area contributed by atoms with Crippen LogP contribution < -0.4 is 19.9 Å². The number of aryl methyl sites for hydroxylation is 1. The van der Waals surface area contributed by atoms with Crippen LogP contribution in [0.5, 0.6) is 5.75 Å². The van der Waals surface area contributed by atoms with Crippen LogP contribution in [0.25, 0.3) is 0 Å². The number of ether oxygens (including phenoxy) is 1. The number of hydrogen-bond acceptors (Lipinski definition) is 8. The molecule has 10 nitrogen and oxygen atoms in total. The fraction of sp³-hybridized carbons (Fsp3) is 0.346. The quantitative estimate of drug-likeness (QED) is 0.566. The van der Waals surface area contributed by atoms with Crippen molar-refractivity contribution in [2.75, 3.05) is 55.0 Å². The standard InChI is InChI=1S/C26H29N7O3/c1-18-6-7-27-22(12-18)30-23-15-24(29-17-28-23)31-8-10-32(11-9-31)26(35)19-13-25(34)33(16-19)20-4-3-5-21(14-20)36-2/h3-7,12,14-15,17,19H,8-11,13,16H2,1-2H3,(H,27,28,29,30). The molecule has 1 N–H and O–H groups in total. The van der Waals surface area contributed by atoms with Crippen LogP contribution in [-0.4, -0.2) is 71.5 Å². The lowest BCUT2D eigenvalue weighted by molar-refractivity contribution is -0.136. The molecule has 2 aliphatic heterocycles. The summed E-state index contributed by atoms with van der Waals surface area (Å²) in [5.74, 6) is 2.53. The van der Waals surface area contributed by atoms with Crippen LogP contribution in [0.4, 0.5) is 23.1 Å². The van der Waals surface area contributed by atoms with Gasteiger partial charge >= 0.3 is 0 Å². The predicted molar refractivity (Wildman–Crippen MR) is 137 cm³/mol. The summed E-state index contributed by atoms with van der Waals surface area (Å²) in [6.07, 6.45) is 3.51. The highest BCUT2D eigenvalue weighted by atomic mass is 16.5. The Balaban J connectivity index is 1.18. The minimum Gasteiger partial charge on any atom is -0.497 e. The second kappa shape index (κ2) is 10.2. The Morgan fingerprint density at radius 1 is 1.03 bits per heavy atom. The number of rotatable bonds is 6. The number of hydrogen-bond donors (Lipinski definition) is 1. The monoisotopic (exact) mass is 487 g/mol. The van der Waals surface area contributed by atoms with Crippen molar-refractivity contribution in [1.82, 2.24) is 19.9 Å². The minimum absolute atomic E-state index is 0.0314. The van der Waals surface area contributed by atoms with Gasteiger partial charge in [0, 0.05) is 63.2 Å².